The average molecular weight is 526 g/mol. The molecule has 1 N–H and O–H groups in total. The van der Waals surface area contributed by atoms with Crippen molar-refractivity contribution in [3.8, 4) is 16.9 Å². The summed E-state index contributed by atoms with van der Waals surface area (Å²) < 4.78 is 97.8. The number of hydrogen-bond donors (Lipinski definition) is 1. The van der Waals surface area contributed by atoms with Crippen LogP contribution in [0.3, 0.4) is 0 Å². The Morgan fingerprint density at radius 2 is 1.49 bits per heavy atom. The Morgan fingerprint density at radius 1 is 0.892 bits per heavy atom. The maximum Gasteiger partial charge on any atom is 0.417 e. The number of carboxylic acid groups (broad SMARTS) is 1. The number of halogens is 6. The van der Waals surface area contributed by atoms with Gasteiger partial charge in [0.2, 0.25) is 0 Å². The zero-order chi connectivity index (χ0) is 26.8. The quantitative estimate of drug-likeness (QED) is 0.349. The van der Waals surface area contributed by atoms with E-state index in [9.17, 15) is 31.1 Å². The van der Waals surface area contributed by atoms with Gasteiger partial charge in [0.25, 0.3) is 0 Å². The van der Waals surface area contributed by atoms with E-state index in [1.807, 2.05) is 0 Å². The molecule has 11 heteroatoms. The molecule has 0 aromatic heterocycles. The lowest BCUT2D eigenvalue weighted by Gasteiger charge is -2.41. The van der Waals surface area contributed by atoms with Gasteiger partial charge in [-0.25, -0.2) is 4.79 Å². The van der Waals surface area contributed by atoms with Gasteiger partial charge in [-0.15, -0.1) is 0 Å². The monoisotopic (exact) mass is 526 g/mol. The Morgan fingerprint density at radius 3 is 2.00 bits per heavy atom. The van der Waals surface area contributed by atoms with Gasteiger partial charge in [-0.05, 0) is 47.0 Å². The zero-order valence-corrected chi connectivity index (χ0v) is 19.0. The van der Waals surface area contributed by atoms with Gasteiger partial charge in [0, 0.05) is 5.56 Å². The maximum atomic E-state index is 13.6. The lowest BCUT2D eigenvalue weighted by Crippen LogP contribution is -2.49. The number of carboxylic acids is 1. The highest BCUT2D eigenvalue weighted by atomic mass is 19.4. The van der Waals surface area contributed by atoms with Gasteiger partial charge in [-0.1, -0.05) is 36.4 Å². The van der Waals surface area contributed by atoms with E-state index in [0.717, 1.165) is 6.07 Å². The Hall–Kier alpha value is -3.57. The lowest BCUT2D eigenvalue weighted by molar-refractivity contribution is -0.220. The molecule has 0 atom stereocenters. The Bertz CT molecular complexity index is 1230. The number of aliphatic carboxylic acids is 1. The topological polar surface area (TPSA) is 65.0 Å². The second-order valence-corrected chi connectivity index (χ2v) is 8.41. The molecular formula is C26H20F6O5. The van der Waals surface area contributed by atoms with E-state index >= 15 is 0 Å². The molecule has 0 radical (unpaired) electrons. The Labute approximate surface area is 207 Å². The molecule has 196 valence electrons. The summed E-state index contributed by atoms with van der Waals surface area (Å²) in [4.78, 5) is 10.8. The summed E-state index contributed by atoms with van der Waals surface area (Å²) in [5, 5.41) is 8.87. The number of alkyl halides is 6. The average Bonchev–Trinajstić information content (AvgIpc) is 2.81. The molecule has 1 heterocycles. The van der Waals surface area contributed by atoms with Crippen molar-refractivity contribution in [3.05, 3.63) is 89.0 Å². The second kappa shape index (κ2) is 10.1. The predicted molar refractivity (Wildman–Crippen MR) is 119 cm³/mol. The van der Waals surface area contributed by atoms with Crippen LogP contribution in [-0.4, -0.2) is 30.9 Å². The second-order valence-electron chi connectivity index (χ2n) is 8.41. The summed E-state index contributed by atoms with van der Waals surface area (Å²) >= 11 is 0. The van der Waals surface area contributed by atoms with Gasteiger partial charge < -0.3 is 19.3 Å². The van der Waals surface area contributed by atoms with Crippen LogP contribution in [0.25, 0.3) is 11.1 Å². The summed E-state index contributed by atoms with van der Waals surface area (Å²) in [6.45, 7) is -0.239. The first-order valence-corrected chi connectivity index (χ1v) is 10.9. The van der Waals surface area contributed by atoms with Crippen LogP contribution in [0, 0.1) is 0 Å². The van der Waals surface area contributed by atoms with E-state index in [4.69, 9.17) is 19.3 Å². The molecule has 0 amide bonds. The van der Waals surface area contributed by atoms with Crippen LogP contribution in [0.4, 0.5) is 26.3 Å². The van der Waals surface area contributed by atoms with Crippen LogP contribution >= 0.6 is 0 Å². The molecule has 0 bridgehead atoms. The Kier molecular flexibility index (Phi) is 7.20. The van der Waals surface area contributed by atoms with E-state index in [0.29, 0.717) is 29.0 Å². The van der Waals surface area contributed by atoms with Crippen molar-refractivity contribution in [2.75, 3.05) is 19.8 Å². The fourth-order valence-corrected chi connectivity index (χ4v) is 3.99. The SMILES string of the molecule is O=C(O)COC1(c2ccc(OCc3cccc(-c4c(C(F)(F)F)cccc4C(F)(F)F)c3)cc2)COC1. The Balaban J connectivity index is 1.54. The van der Waals surface area contributed by atoms with E-state index in [-0.39, 0.29) is 25.4 Å². The molecule has 1 saturated heterocycles. The van der Waals surface area contributed by atoms with Crippen LogP contribution in [0.5, 0.6) is 5.75 Å². The third kappa shape index (κ3) is 5.89. The number of rotatable bonds is 8. The normalized spacial score (nSPS) is 15.2. The van der Waals surface area contributed by atoms with Crippen LogP contribution in [-0.2, 0) is 38.8 Å². The van der Waals surface area contributed by atoms with Gasteiger partial charge in [0.05, 0.1) is 24.3 Å². The molecule has 3 aromatic rings. The fourth-order valence-electron chi connectivity index (χ4n) is 3.99. The maximum absolute atomic E-state index is 13.6. The highest BCUT2D eigenvalue weighted by Crippen LogP contribution is 2.44. The summed E-state index contributed by atoms with van der Waals surface area (Å²) in [7, 11) is 0. The van der Waals surface area contributed by atoms with Gasteiger partial charge in [0.15, 0.2) is 0 Å². The van der Waals surface area contributed by atoms with Crippen molar-refractivity contribution in [3.63, 3.8) is 0 Å². The third-order valence-electron chi connectivity index (χ3n) is 5.82. The molecule has 4 rings (SSSR count). The molecule has 1 fully saturated rings. The van der Waals surface area contributed by atoms with E-state index in [2.05, 4.69) is 0 Å². The van der Waals surface area contributed by atoms with E-state index in [1.54, 1.807) is 24.3 Å². The minimum absolute atomic E-state index is 0.119. The lowest BCUT2D eigenvalue weighted by atomic mass is 9.91. The van der Waals surface area contributed by atoms with E-state index < -0.39 is 47.2 Å². The van der Waals surface area contributed by atoms with Crippen molar-refractivity contribution in [1.29, 1.82) is 0 Å². The molecule has 1 aliphatic rings. The highest BCUT2D eigenvalue weighted by Gasteiger charge is 2.42. The molecule has 0 unspecified atom stereocenters. The van der Waals surface area contributed by atoms with Gasteiger partial charge in [-0.3, -0.25) is 0 Å². The van der Waals surface area contributed by atoms with Gasteiger partial charge >= 0.3 is 18.3 Å². The zero-order valence-electron chi connectivity index (χ0n) is 19.0. The van der Waals surface area contributed by atoms with Crippen LogP contribution in [0.2, 0.25) is 0 Å². The molecule has 0 spiro atoms. The third-order valence-corrected chi connectivity index (χ3v) is 5.82. The van der Waals surface area contributed by atoms with Crippen molar-refractivity contribution < 1.29 is 50.5 Å². The van der Waals surface area contributed by atoms with Gasteiger partial charge in [0.1, 0.15) is 24.6 Å². The van der Waals surface area contributed by atoms with Crippen molar-refractivity contribution in [2.24, 2.45) is 0 Å². The predicted octanol–water partition coefficient (Wildman–Crippen LogP) is 6.30. The standard InChI is InChI=1S/C26H20F6O5/c27-25(28,29)20-5-2-6-21(26(30,31)32)23(20)17-4-1-3-16(11-17)12-36-19-9-7-18(8-10-19)24(14-35-15-24)37-13-22(33)34/h1-11H,12-15H2,(H,33,34). The van der Waals surface area contributed by atoms with E-state index in [1.165, 1.54) is 24.3 Å². The van der Waals surface area contributed by atoms with Crippen LogP contribution < -0.4 is 4.74 Å². The molecule has 5 nitrogen and oxygen atoms in total. The summed E-state index contributed by atoms with van der Waals surface area (Å²) in [6, 6.07) is 13.8. The molecule has 0 saturated carbocycles. The number of ether oxygens (including phenoxy) is 3. The largest absolute Gasteiger partial charge is 0.489 e. The smallest absolute Gasteiger partial charge is 0.417 e. The minimum Gasteiger partial charge on any atom is -0.489 e. The highest BCUT2D eigenvalue weighted by molar-refractivity contribution is 5.73. The van der Waals surface area contributed by atoms with Crippen molar-refractivity contribution >= 4 is 5.97 Å². The van der Waals surface area contributed by atoms with Crippen LogP contribution in [0.15, 0.2) is 66.7 Å². The molecule has 0 aliphatic carbocycles. The summed E-state index contributed by atoms with van der Waals surface area (Å²) in [6.07, 6.45) is -9.97. The fraction of sp³-hybridized carbons (Fsp3) is 0.269. The molecular weight excluding hydrogens is 506 g/mol. The first kappa shape index (κ1) is 26.5. The molecule has 37 heavy (non-hydrogen) atoms. The minimum atomic E-state index is -4.98. The summed E-state index contributed by atoms with van der Waals surface area (Å²) in [5.74, 6) is -0.733. The van der Waals surface area contributed by atoms with Crippen LogP contribution in [0.1, 0.15) is 22.3 Å². The first-order valence-electron chi connectivity index (χ1n) is 10.9. The van der Waals surface area contributed by atoms with Gasteiger partial charge in [-0.2, -0.15) is 26.3 Å². The first-order chi connectivity index (χ1) is 17.4. The number of benzene rings is 3. The van der Waals surface area contributed by atoms with Crippen molar-refractivity contribution in [2.45, 2.75) is 24.6 Å². The number of carbonyl (C=O) groups is 1. The van der Waals surface area contributed by atoms with Crippen molar-refractivity contribution in [1.82, 2.24) is 0 Å². The summed E-state index contributed by atoms with van der Waals surface area (Å²) in [5.41, 5.74) is -3.78. The molecule has 3 aromatic carbocycles. The molecule has 1 aliphatic heterocycles. The number of hydrogen-bond acceptors (Lipinski definition) is 4.